The number of piperazine rings is 1. The van der Waals surface area contributed by atoms with Crippen molar-refractivity contribution < 1.29 is 13.2 Å². The van der Waals surface area contributed by atoms with Crippen LogP contribution in [0.5, 0.6) is 0 Å². The topological polar surface area (TPSA) is 114 Å². The van der Waals surface area contributed by atoms with Gasteiger partial charge in [-0.05, 0) is 18.4 Å². The molecule has 4 rings (SSSR count). The first-order chi connectivity index (χ1) is 14.4. The third-order valence-corrected chi connectivity index (χ3v) is 8.36. The lowest BCUT2D eigenvalue weighted by Gasteiger charge is -2.34. The number of sulfone groups is 1. The summed E-state index contributed by atoms with van der Waals surface area (Å²) >= 11 is 1.37. The molecular formula is C18H25N7O3S2. The van der Waals surface area contributed by atoms with Crippen LogP contribution in [0.3, 0.4) is 0 Å². The highest BCUT2D eigenvalue weighted by Crippen LogP contribution is 2.24. The number of rotatable bonds is 6. The zero-order chi connectivity index (χ0) is 21.1. The number of hydrogen-bond donors (Lipinski definition) is 0. The normalized spacial score (nSPS) is 21.2. The van der Waals surface area contributed by atoms with Crippen LogP contribution in [0.25, 0.3) is 0 Å². The first-order valence-electron chi connectivity index (χ1n) is 9.92. The molecule has 0 aliphatic carbocycles. The maximum Gasteiger partial charge on any atom is 0.233 e. The zero-order valence-corrected chi connectivity index (χ0v) is 18.5. The summed E-state index contributed by atoms with van der Waals surface area (Å²) in [6, 6.07) is 1.79. The van der Waals surface area contributed by atoms with E-state index in [4.69, 9.17) is 0 Å². The number of hydrogen-bond acceptors (Lipinski definition) is 9. The molecule has 12 heteroatoms. The highest BCUT2D eigenvalue weighted by atomic mass is 32.2. The van der Waals surface area contributed by atoms with Gasteiger partial charge < -0.3 is 14.4 Å². The molecule has 30 heavy (non-hydrogen) atoms. The lowest BCUT2D eigenvalue weighted by molar-refractivity contribution is -0.128. The molecule has 4 heterocycles. The fraction of sp³-hybridized carbons (Fsp3) is 0.611. The predicted molar refractivity (Wildman–Crippen MR) is 113 cm³/mol. The van der Waals surface area contributed by atoms with Gasteiger partial charge in [0.2, 0.25) is 11.9 Å². The predicted octanol–water partition coefficient (Wildman–Crippen LogP) is 0.0232. The fourth-order valence-electron chi connectivity index (χ4n) is 3.77. The summed E-state index contributed by atoms with van der Waals surface area (Å²) in [5, 5.41) is 9.08. The molecule has 2 aromatic rings. The molecule has 2 aliphatic rings. The summed E-state index contributed by atoms with van der Waals surface area (Å²) in [6.07, 6.45) is 4.71. The largest absolute Gasteiger partial charge is 0.338 e. The van der Waals surface area contributed by atoms with E-state index in [1.807, 2.05) is 16.5 Å². The summed E-state index contributed by atoms with van der Waals surface area (Å²) in [4.78, 5) is 25.1. The van der Waals surface area contributed by atoms with Crippen molar-refractivity contribution >= 4 is 33.5 Å². The van der Waals surface area contributed by atoms with Gasteiger partial charge in [-0.2, -0.15) is 0 Å². The van der Waals surface area contributed by atoms with E-state index >= 15 is 0 Å². The maximum absolute atomic E-state index is 12.6. The number of carbonyl (C=O) groups excluding carboxylic acids is 1. The smallest absolute Gasteiger partial charge is 0.233 e. The van der Waals surface area contributed by atoms with Crippen LogP contribution in [-0.4, -0.2) is 87.4 Å². The van der Waals surface area contributed by atoms with Crippen LogP contribution in [0.15, 0.2) is 23.6 Å². The zero-order valence-electron chi connectivity index (χ0n) is 16.8. The molecule has 0 aromatic carbocycles. The average molecular weight is 452 g/mol. The van der Waals surface area contributed by atoms with E-state index in [0.29, 0.717) is 55.9 Å². The van der Waals surface area contributed by atoms with E-state index < -0.39 is 9.84 Å². The van der Waals surface area contributed by atoms with E-state index in [1.54, 1.807) is 18.5 Å². The quantitative estimate of drug-likeness (QED) is 0.561. The number of aromatic nitrogens is 5. The van der Waals surface area contributed by atoms with Gasteiger partial charge in [0.15, 0.2) is 15.0 Å². The molecule has 0 radical (unpaired) electrons. The van der Waals surface area contributed by atoms with Crippen LogP contribution in [-0.2, 0) is 28.1 Å². The minimum Gasteiger partial charge on any atom is -0.338 e. The van der Waals surface area contributed by atoms with Gasteiger partial charge in [-0.15, -0.1) is 10.2 Å². The van der Waals surface area contributed by atoms with Crippen molar-refractivity contribution in [3.8, 4) is 0 Å². The number of carbonyl (C=O) groups is 1. The lowest BCUT2D eigenvalue weighted by atomic mass is 10.1. The average Bonchev–Trinajstić information content (AvgIpc) is 3.28. The summed E-state index contributed by atoms with van der Waals surface area (Å²) in [5.74, 6) is 2.41. The van der Waals surface area contributed by atoms with Gasteiger partial charge in [0, 0.05) is 52.0 Å². The molecule has 2 saturated heterocycles. The fourth-order valence-corrected chi connectivity index (χ4v) is 6.46. The minimum atomic E-state index is -2.90. The Hall–Kier alpha value is -2.21. The summed E-state index contributed by atoms with van der Waals surface area (Å²) in [6.45, 7) is 2.69. The van der Waals surface area contributed by atoms with Crippen LogP contribution in [0, 0.1) is 5.92 Å². The Morgan fingerprint density at radius 3 is 2.57 bits per heavy atom. The Balaban J connectivity index is 1.26. The van der Waals surface area contributed by atoms with E-state index in [-0.39, 0.29) is 23.3 Å². The molecule has 1 amide bonds. The number of thioether (sulfide) groups is 1. The molecule has 1 atom stereocenters. The van der Waals surface area contributed by atoms with Crippen molar-refractivity contribution in [2.75, 3.05) is 48.3 Å². The number of nitrogens with zero attached hydrogens (tertiary/aromatic N) is 7. The molecule has 2 aliphatic heterocycles. The summed E-state index contributed by atoms with van der Waals surface area (Å²) < 4.78 is 25.2. The molecule has 10 nitrogen and oxygen atoms in total. The second-order valence-corrected chi connectivity index (χ2v) is 10.8. The van der Waals surface area contributed by atoms with Crippen molar-refractivity contribution in [2.45, 2.75) is 18.0 Å². The Bertz CT molecular complexity index is 988. The first kappa shape index (κ1) is 21.0. The van der Waals surface area contributed by atoms with Crippen molar-refractivity contribution in [1.82, 2.24) is 29.6 Å². The van der Waals surface area contributed by atoms with Crippen molar-refractivity contribution in [1.29, 1.82) is 0 Å². The molecule has 0 N–H and O–H groups in total. The van der Waals surface area contributed by atoms with Gasteiger partial charge in [0.1, 0.15) is 5.82 Å². The third-order valence-electron chi connectivity index (χ3n) is 5.52. The highest BCUT2D eigenvalue weighted by Gasteiger charge is 2.29. The van der Waals surface area contributed by atoms with Gasteiger partial charge in [0.25, 0.3) is 0 Å². The van der Waals surface area contributed by atoms with Crippen LogP contribution >= 0.6 is 11.8 Å². The molecule has 1 unspecified atom stereocenters. The van der Waals surface area contributed by atoms with Gasteiger partial charge in [0.05, 0.1) is 17.3 Å². The Morgan fingerprint density at radius 1 is 1.17 bits per heavy atom. The van der Waals surface area contributed by atoms with Crippen molar-refractivity contribution in [2.24, 2.45) is 13.0 Å². The van der Waals surface area contributed by atoms with Crippen LogP contribution in [0.2, 0.25) is 0 Å². The molecule has 0 spiro atoms. The van der Waals surface area contributed by atoms with E-state index in [1.165, 1.54) is 11.8 Å². The highest BCUT2D eigenvalue weighted by molar-refractivity contribution is 7.99. The maximum atomic E-state index is 12.6. The Kier molecular flexibility index (Phi) is 6.23. The standard InChI is InChI=1S/C18H25N7O3S2/c1-23-15(11-14-3-10-30(27,28)13-14)21-22-18(23)29-12-16(26)24-6-8-25(9-7-24)17-19-4-2-5-20-17/h2,4-5,14H,3,6-13H2,1H3. The molecule has 0 bridgehead atoms. The summed E-state index contributed by atoms with van der Waals surface area (Å²) in [7, 11) is -1.04. The first-order valence-corrected chi connectivity index (χ1v) is 12.7. The van der Waals surface area contributed by atoms with Crippen molar-refractivity contribution in [3.05, 3.63) is 24.3 Å². The van der Waals surface area contributed by atoms with Crippen LogP contribution in [0.4, 0.5) is 5.95 Å². The SMILES string of the molecule is Cn1c(CC2CCS(=O)(=O)C2)nnc1SCC(=O)N1CCN(c2ncccn2)CC1. The van der Waals surface area contributed by atoms with Gasteiger partial charge in [-0.3, -0.25) is 4.79 Å². The second kappa shape index (κ2) is 8.88. The van der Waals surface area contributed by atoms with E-state index in [0.717, 1.165) is 5.82 Å². The van der Waals surface area contributed by atoms with Crippen molar-refractivity contribution in [3.63, 3.8) is 0 Å². The number of amides is 1. The van der Waals surface area contributed by atoms with Gasteiger partial charge in [-0.1, -0.05) is 11.8 Å². The van der Waals surface area contributed by atoms with Crippen LogP contribution < -0.4 is 4.90 Å². The van der Waals surface area contributed by atoms with Gasteiger partial charge in [-0.25, -0.2) is 18.4 Å². The molecule has 2 fully saturated rings. The molecule has 2 aromatic heterocycles. The third kappa shape index (κ3) is 4.91. The number of anilines is 1. The monoisotopic (exact) mass is 451 g/mol. The Morgan fingerprint density at radius 2 is 1.90 bits per heavy atom. The molecule has 0 saturated carbocycles. The molecule has 162 valence electrons. The van der Waals surface area contributed by atoms with E-state index in [9.17, 15) is 13.2 Å². The lowest BCUT2D eigenvalue weighted by Crippen LogP contribution is -2.49. The van der Waals surface area contributed by atoms with Gasteiger partial charge >= 0.3 is 0 Å². The second-order valence-electron chi connectivity index (χ2n) is 7.64. The Labute approximate surface area is 180 Å². The molecular weight excluding hydrogens is 426 g/mol. The summed E-state index contributed by atoms with van der Waals surface area (Å²) in [5.41, 5.74) is 0. The minimum absolute atomic E-state index is 0.0695. The van der Waals surface area contributed by atoms with Crippen LogP contribution in [0.1, 0.15) is 12.2 Å². The van der Waals surface area contributed by atoms with E-state index in [2.05, 4.69) is 25.1 Å².